The molecule has 0 saturated carbocycles. The highest BCUT2D eigenvalue weighted by Crippen LogP contribution is 2.38. The van der Waals surface area contributed by atoms with Gasteiger partial charge in [-0.25, -0.2) is 0 Å². The second-order valence-electron chi connectivity index (χ2n) is 6.17. The molecule has 0 aromatic heterocycles. The van der Waals surface area contributed by atoms with E-state index in [-0.39, 0.29) is 5.41 Å². The van der Waals surface area contributed by atoms with E-state index in [2.05, 4.69) is 43.4 Å². The highest BCUT2D eigenvalue weighted by molar-refractivity contribution is 7.99. The summed E-state index contributed by atoms with van der Waals surface area (Å²) in [5.74, 6) is 1.85. The second-order valence-corrected chi connectivity index (χ2v) is 7.23. The van der Waals surface area contributed by atoms with Crippen molar-refractivity contribution in [1.82, 2.24) is 5.32 Å². The van der Waals surface area contributed by atoms with E-state index < -0.39 is 0 Å². The van der Waals surface area contributed by atoms with Crippen molar-refractivity contribution in [2.75, 3.05) is 25.4 Å². The van der Waals surface area contributed by atoms with Crippen LogP contribution in [0.4, 0.5) is 0 Å². The number of hydrogen-bond acceptors (Lipinski definition) is 3. The molecule has 0 saturated heterocycles. The Morgan fingerprint density at radius 2 is 2.16 bits per heavy atom. The van der Waals surface area contributed by atoms with Gasteiger partial charge in [0.15, 0.2) is 0 Å². The summed E-state index contributed by atoms with van der Waals surface area (Å²) in [4.78, 5) is 1.45. The van der Waals surface area contributed by atoms with Crippen LogP contribution >= 0.6 is 11.8 Å². The lowest BCUT2D eigenvalue weighted by atomic mass is 9.87. The summed E-state index contributed by atoms with van der Waals surface area (Å²) in [6, 6.07) is 8.76. The van der Waals surface area contributed by atoms with E-state index in [0.29, 0.717) is 12.5 Å². The number of hydrogen-bond donors (Lipinski definition) is 2. The van der Waals surface area contributed by atoms with Crippen LogP contribution in [-0.4, -0.2) is 30.6 Å². The maximum absolute atomic E-state index is 8.91. The summed E-state index contributed by atoms with van der Waals surface area (Å²) in [5, 5.41) is 12.5. The molecule has 1 unspecified atom stereocenters. The van der Waals surface area contributed by atoms with Gasteiger partial charge >= 0.3 is 0 Å². The molecule has 1 aromatic carbocycles. The number of benzene rings is 1. The second kappa shape index (κ2) is 6.78. The Morgan fingerprint density at radius 1 is 1.37 bits per heavy atom. The lowest BCUT2D eigenvalue weighted by Crippen LogP contribution is -2.32. The molecule has 0 bridgehead atoms. The SMILES string of the molecule is CC(C)(CCCO)CNCC1CSc2ccccc21. The summed E-state index contributed by atoms with van der Waals surface area (Å²) in [6.07, 6.45) is 1.98. The van der Waals surface area contributed by atoms with E-state index >= 15 is 0 Å². The third-order valence-corrected chi connectivity index (χ3v) is 5.06. The molecule has 0 amide bonds. The van der Waals surface area contributed by atoms with Gasteiger partial charge in [0.05, 0.1) is 0 Å². The lowest BCUT2D eigenvalue weighted by Gasteiger charge is -2.25. The summed E-state index contributed by atoms with van der Waals surface area (Å²) < 4.78 is 0. The Balaban J connectivity index is 1.78. The van der Waals surface area contributed by atoms with E-state index in [0.717, 1.165) is 25.9 Å². The third-order valence-electron chi connectivity index (χ3n) is 3.80. The van der Waals surface area contributed by atoms with Crippen molar-refractivity contribution in [3.63, 3.8) is 0 Å². The fourth-order valence-corrected chi connectivity index (χ4v) is 3.88. The van der Waals surface area contributed by atoms with E-state index in [9.17, 15) is 0 Å². The Labute approximate surface area is 121 Å². The van der Waals surface area contributed by atoms with Gasteiger partial charge in [0.25, 0.3) is 0 Å². The molecule has 0 aliphatic carbocycles. The van der Waals surface area contributed by atoms with Gasteiger partial charge < -0.3 is 10.4 Å². The van der Waals surface area contributed by atoms with Gasteiger partial charge in [0, 0.05) is 36.3 Å². The van der Waals surface area contributed by atoms with Gasteiger partial charge in [0.1, 0.15) is 0 Å². The molecule has 1 atom stereocenters. The minimum absolute atomic E-state index is 0.272. The summed E-state index contributed by atoms with van der Waals surface area (Å²) in [7, 11) is 0. The number of aliphatic hydroxyl groups excluding tert-OH is 1. The van der Waals surface area contributed by atoms with Crippen LogP contribution in [-0.2, 0) is 0 Å². The monoisotopic (exact) mass is 279 g/mol. The fraction of sp³-hybridized carbons (Fsp3) is 0.625. The fourth-order valence-electron chi connectivity index (χ4n) is 2.63. The first-order chi connectivity index (χ1) is 9.12. The van der Waals surface area contributed by atoms with Crippen LogP contribution in [0.3, 0.4) is 0 Å². The molecule has 1 heterocycles. The average Bonchev–Trinajstić information content (AvgIpc) is 2.80. The van der Waals surface area contributed by atoms with E-state index in [1.807, 2.05) is 11.8 Å². The van der Waals surface area contributed by atoms with Crippen LogP contribution < -0.4 is 5.32 Å². The van der Waals surface area contributed by atoms with Crippen molar-refractivity contribution in [3.05, 3.63) is 29.8 Å². The number of rotatable bonds is 7. The zero-order chi connectivity index (χ0) is 13.7. The molecule has 0 radical (unpaired) electrons. The van der Waals surface area contributed by atoms with Crippen LogP contribution in [0.5, 0.6) is 0 Å². The molecule has 2 rings (SSSR count). The van der Waals surface area contributed by atoms with Gasteiger partial charge in [-0.3, -0.25) is 0 Å². The van der Waals surface area contributed by atoms with Crippen molar-refractivity contribution in [2.45, 2.75) is 37.5 Å². The smallest absolute Gasteiger partial charge is 0.0431 e. The van der Waals surface area contributed by atoms with Crippen LogP contribution in [0.1, 0.15) is 38.2 Å². The number of fused-ring (bicyclic) bond motifs is 1. The van der Waals surface area contributed by atoms with Crippen molar-refractivity contribution in [2.24, 2.45) is 5.41 Å². The topological polar surface area (TPSA) is 32.3 Å². The standard InChI is InChI=1S/C16H25NOS/c1-16(2,8-5-9-18)12-17-10-13-11-19-15-7-4-3-6-14(13)15/h3-4,6-7,13,17-18H,5,8-12H2,1-2H3. The van der Waals surface area contributed by atoms with E-state index in [1.165, 1.54) is 16.2 Å². The molecule has 106 valence electrons. The first-order valence-electron chi connectivity index (χ1n) is 7.16. The zero-order valence-electron chi connectivity index (χ0n) is 12.0. The Morgan fingerprint density at radius 3 is 2.95 bits per heavy atom. The molecule has 1 aliphatic rings. The molecule has 19 heavy (non-hydrogen) atoms. The van der Waals surface area contributed by atoms with Crippen LogP contribution in [0.15, 0.2) is 29.2 Å². The van der Waals surface area contributed by atoms with Crippen molar-refractivity contribution >= 4 is 11.8 Å². The summed E-state index contributed by atoms with van der Waals surface area (Å²) in [6.45, 7) is 6.93. The maximum atomic E-state index is 8.91. The number of aliphatic hydroxyl groups is 1. The zero-order valence-corrected chi connectivity index (χ0v) is 12.8. The summed E-state index contributed by atoms with van der Waals surface area (Å²) >= 11 is 1.97. The number of thioether (sulfide) groups is 1. The van der Waals surface area contributed by atoms with Crippen LogP contribution in [0.2, 0.25) is 0 Å². The minimum Gasteiger partial charge on any atom is -0.396 e. The quantitative estimate of drug-likeness (QED) is 0.803. The Hall–Kier alpha value is -0.510. The first kappa shape index (κ1) is 14.9. The molecule has 1 aliphatic heterocycles. The predicted molar refractivity (Wildman–Crippen MR) is 82.9 cm³/mol. The van der Waals surface area contributed by atoms with Crippen molar-refractivity contribution < 1.29 is 5.11 Å². The Kier molecular flexibility index (Phi) is 5.31. The molecular formula is C16H25NOS. The van der Waals surface area contributed by atoms with Crippen LogP contribution in [0, 0.1) is 5.41 Å². The van der Waals surface area contributed by atoms with Crippen molar-refractivity contribution in [1.29, 1.82) is 0 Å². The van der Waals surface area contributed by atoms with Gasteiger partial charge in [-0.05, 0) is 29.9 Å². The minimum atomic E-state index is 0.272. The summed E-state index contributed by atoms with van der Waals surface area (Å²) in [5.41, 5.74) is 1.78. The van der Waals surface area contributed by atoms with E-state index in [4.69, 9.17) is 5.11 Å². The van der Waals surface area contributed by atoms with Crippen LogP contribution in [0.25, 0.3) is 0 Å². The highest BCUT2D eigenvalue weighted by atomic mass is 32.2. The normalized spacial score (nSPS) is 18.6. The van der Waals surface area contributed by atoms with Crippen molar-refractivity contribution in [3.8, 4) is 0 Å². The predicted octanol–water partition coefficient (Wildman–Crippen LogP) is 3.26. The molecular weight excluding hydrogens is 254 g/mol. The molecule has 2 nitrogen and oxygen atoms in total. The first-order valence-corrected chi connectivity index (χ1v) is 8.14. The van der Waals surface area contributed by atoms with Gasteiger partial charge in [0.2, 0.25) is 0 Å². The average molecular weight is 279 g/mol. The molecule has 2 N–H and O–H groups in total. The van der Waals surface area contributed by atoms with Gasteiger partial charge in [-0.15, -0.1) is 11.8 Å². The lowest BCUT2D eigenvalue weighted by molar-refractivity contribution is 0.236. The Bertz CT molecular complexity index is 405. The molecule has 3 heteroatoms. The molecule has 0 fully saturated rings. The molecule has 0 spiro atoms. The number of nitrogens with one attached hydrogen (secondary N) is 1. The third kappa shape index (κ3) is 4.23. The largest absolute Gasteiger partial charge is 0.396 e. The highest BCUT2D eigenvalue weighted by Gasteiger charge is 2.23. The molecule has 1 aromatic rings. The van der Waals surface area contributed by atoms with Gasteiger partial charge in [-0.2, -0.15) is 0 Å². The van der Waals surface area contributed by atoms with Gasteiger partial charge in [-0.1, -0.05) is 32.0 Å². The van der Waals surface area contributed by atoms with E-state index in [1.54, 1.807) is 0 Å². The maximum Gasteiger partial charge on any atom is 0.0431 e.